The molecule has 8 N–H and O–H groups in total. The normalized spacial score (nSPS) is 12.4. The van der Waals surface area contributed by atoms with Crippen molar-refractivity contribution in [3.05, 3.63) is 65.7 Å². The predicted octanol–water partition coefficient (Wildman–Crippen LogP) is 1.16. The molecule has 0 fully saturated rings. The smallest absolute Gasteiger partial charge is 0.246 e. The van der Waals surface area contributed by atoms with Crippen molar-refractivity contribution < 1.29 is 14.4 Å². The van der Waals surface area contributed by atoms with Crippen LogP contribution in [0.25, 0.3) is 0 Å². The second kappa shape index (κ2) is 15.7. The lowest BCUT2D eigenvalue weighted by Gasteiger charge is -2.24. The number of nitrogens with two attached hydrogens (primary N) is 3. The first-order chi connectivity index (χ1) is 17.4. The quantitative estimate of drug-likeness (QED) is 0.249. The lowest BCUT2D eigenvalue weighted by atomic mass is 10.0. The minimum absolute atomic E-state index is 0.196. The van der Waals surface area contributed by atoms with Crippen molar-refractivity contribution in [2.24, 2.45) is 17.2 Å². The summed E-state index contributed by atoms with van der Waals surface area (Å²) in [6, 6.07) is 15.4. The van der Waals surface area contributed by atoms with E-state index in [1.54, 1.807) is 0 Å². The first-order valence-corrected chi connectivity index (χ1v) is 12.6. The molecule has 2 aromatic carbocycles. The Hall–Kier alpha value is -3.27. The van der Waals surface area contributed by atoms with Gasteiger partial charge >= 0.3 is 0 Å². The molecule has 2 atom stereocenters. The standard InChI is InChI=1S/C27H40N6O3/c1-2-8-21-11-6-7-12-23(21)31-27(36)24(14-13-20-9-4-3-5-10-20)32-26(35)22(30)19-25(34)33(17-15-28)18-16-29/h3-7,9-12,22,24H,2,8,13-19,28-30H2,1H3,(H,31,36)(H,32,35). The van der Waals surface area contributed by atoms with Crippen LogP contribution in [-0.4, -0.2) is 60.9 Å². The van der Waals surface area contributed by atoms with Crippen molar-refractivity contribution >= 4 is 23.4 Å². The Labute approximate surface area is 213 Å². The van der Waals surface area contributed by atoms with Crippen molar-refractivity contribution in [2.75, 3.05) is 31.5 Å². The summed E-state index contributed by atoms with van der Waals surface area (Å²) in [5.74, 6) is -1.18. The van der Waals surface area contributed by atoms with Gasteiger partial charge in [0.2, 0.25) is 17.7 Å². The average molecular weight is 497 g/mol. The van der Waals surface area contributed by atoms with E-state index in [9.17, 15) is 14.4 Å². The molecule has 2 aromatic rings. The zero-order valence-electron chi connectivity index (χ0n) is 21.1. The molecule has 2 unspecified atom stereocenters. The average Bonchev–Trinajstić information content (AvgIpc) is 2.88. The Morgan fingerprint density at radius 2 is 1.53 bits per heavy atom. The number of rotatable bonds is 15. The summed E-state index contributed by atoms with van der Waals surface area (Å²) < 4.78 is 0. The van der Waals surface area contributed by atoms with E-state index >= 15 is 0 Å². The summed E-state index contributed by atoms with van der Waals surface area (Å²) in [6.45, 7) is 3.32. The Morgan fingerprint density at radius 1 is 0.889 bits per heavy atom. The maximum Gasteiger partial charge on any atom is 0.246 e. The number of para-hydroxylation sites is 1. The fourth-order valence-corrected chi connectivity index (χ4v) is 3.94. The van der Waals surface area contributed by atoms with Gasteiger partial charge in [-0.1, -0.05) is 61.9 Å². The van der Waals surface area contributed by atoms with Crippen LogP contribution in [0.5, 0.6) is 0 Å². The Kier molecular flexibility index (Phi) is 12.6. The number of carbonyl (C=O) groups excluding carboxylic acids is 3. The summed E-state index contributed by atoms with van der Waals surface area (Å²) in [5.41, 5.74) is 20.0. The lowest BCUT2D eigenvalue weighted by Crippen LogP contribution is -2.52. The highest BCUT2D eigenvalue weighted by atomic mass is 16.2. The first-order valence-electron chi connectivity index (χ1n) is 12.6. The maximum absolute atomic E-state index is 13.3. The molecule has 0 radical (unpaired) electrons. The molecular formula is C27H40N6O3. The molecule has 0 aliphatic rings. The van der Waals surface area contributed by atoms with Crippen LogP contribution in [0.1, 0.15) is 37.3 Å². The van der Waals surface area contributed by atoms with Gasteiger partial charge in [0.05, 0.1) is 12.5 Å². The van der Waals surface area contributed by atoms with Crippen LogP contribution < -0.4 is 27.8 Å². The second-order valence-electron chi connectivity index (χ2n) is 8.75. The minimum atomic E-state index is -1.10. The highest BCUT2D eigenvalue weighted by molar-refractivity contribution is 5.99. The molecule has 2 rings (SSSR count). The van der Waals surface area contributed by atoms with Crippen LogP contribution in [0, 0.1) is 0 Å². The van der Waals surface area contributed by atoms with E-state index in [4.69, 9.17) is 17.2 Å². The fraction of sp³-hybridized carbons (Fsp3) is 0.444. The van der Waals surface area contributed by atoms with Crippen molar-refractivity contribution in [1.82, 2.24) is 10.2 Å². The summed E-state index contributed by atoms with van der Waals surface area (Å²) >= 11 is 0. The van der Waals surface area contributed by atoms with Crippen LogP contribution in [-0.2, 0) is 27.2 Å². The summed E-state index contributed by atoms with van der Waals surface area (Å²) in [7, 11) is 0. The maximum atomic E-state index is 13.3. The molecule has 0 aromatic heterocycles. The van der Waals surface area contributed by atoms with E-state index < -0.39 is 18.0 Å². The summed E-state index contributed by atoms with van der Waals surface area (Å²) in [4.78, 5) is 40.3. The van der Waals surface area contributed by atoms with E-state index in [0.29, 0.717) is 25.9 Å². The highest BCUT2D eigenvalue weighted by Crippen LogP contribution is 2.18. The van der Waals surface area contributed by atoms with Gasteiger partial charge in [-0.25, -0.2) is 0 Å². The Morgan fingerprint density at radius 3 is 2.17 bits per heavy atom. The lowest BCUT2D eigenvalue weighted by molar-refractivity contribution is -0.134. The molecule has 0 aliphatic carbocycles. The zero-order chi connectivity index (χ0) is 26.3. The molecule has 196 valence electrons. The number of anilines is 1. The van der Waals surface area contributed by atoms with Crippen molar-refractivity contribution in [2.45, 2.75) is 51.1 Å². The number of hydrogen-bond acceptors (Lipinski definition) is 6. The summed E-state index contributed by atoms with van der Waals surface area (Å²) in [5, 5.41) is 5.74. The second-order valence-corrected chi connectivity index (χ2v) is 8.75. The summed E-state index contributed by atoms with van der Waals surface area (Å²) in [6.07, 6.45) is 2.54. The van der Waals surface area contributed by atoms with E-state index in [1.165, 1.54) is 4.90 Å². The van der Waals surface area contributed by atoms with E-state index in [1.807, 2.05) is 54.6 Å². The van der Waals surface area contributed by atoms with Crippen molar-refractivity contribution in [1.29, 1.82) is 0 Å². The van der Waals surface area contributed by atoms with Gasteiger partial charge in [-0.15, -0.1) is 0 Å². The molecule has 9 nitrogen and oxygen atoms in total. The highest BCUT2D eigenvalue weighted by Gasteiger charge is 2.26. The fourth-order valence-electron chi connectivity index (χ4n) is 3.94. The Bertz CT molecular complexity index is 963. The molecule has 0 bridgehead atoms. The molecule has 3 amide bonds. The predicted molar refractivity (Wildman–Crippen MR) is 143 cm³/mol. The molecule has 0 saturated heterocycles. The molecule has 0 saturated carbocycles. The van der Waals surface area contributed by atoms with Gasteiger partial charge in [-0.3, -0.25) is 14.4 Å². The van der Waals surface area contributed by atoms with Crippen LogP contribution in [0.3, 0.4) is 0 Å². The number of nitrogens with one attached hydrogen (secondary N) is 2. The number of amides is 3. The van der Waals surface area contributed by atoms with Gasteiger partial charge in [-0.05, 0) is 36.5 Å². The van der Waals surface area contributed by atoms with Crippen LogP contribution in [0.2, 0.25) is 0 Å². The number of benzene rings is 2. The van der Waals surface area contributed by atoms with Gasteiger partial charge < -0.3 is 32.7 Å². The first kappa shape index (κ1) is 29.0. The minimum Gasteiger partial charge on any atom is -0.343 e. The molecular weight excluding hydrogens is 456 g/mol. The van der Waals surface area contributed by atoms with Crippen molar-refractivity contribution in [3.8, 4) is 0 Å². The third-order valence-corrected chi connectivity index (χ3v) is 5.87. The third-order valence-electron chi connectivity index (χ3n) is 5.87. The number of carbonyl (C=O) groups is 3. The van der Waals surface area contributed by atoms with Gasteiger partial charge in [-0.2, -0.15) is 0 Å². The largest absolute Gasteiger partial charge is 0.343 e. The van der Waals surface area contributed by atoms with E-state index in [2.05, 4.69) is 17.6 Å². The monoisotopic (exact) mass is 496 g/mol. The van der Waals surface area contributed by atoms with E-state index in [-0.39, 0.29) is 31.3 Å². The number of aryl methyl sites for hydroxylation is 2. The third kappa shape index (κ3) is 9.41. The zero-order valence-corrected chi connectivity index (χ0v) is 21.1. The number of nitrogens with zero attached hydrogens (tertiary/aromatic N) is 1. The number of hydrogen-bond donors (Lipinski definition) is 5. The van der Waals surface area contributed by atoms with Gasteiger partial charge in [0.1, 0.15) is 6.04 Å². The molecule has 0 heterocycles. The Balaban J connectivity index is 2.11. The van der Waals surface area contributed by atoms with Crippen LogP contribution >= 0.6 is 0 Å². The molecule has 36 heavy (non-hydrogen) atoms. The van der Waals surface area contributed by atoms with Crippen LogP contribution in [0.4, 0.5) is 5.69 Å². The van der Waals surface area contributed by atoms with Gasteiger partial charge in [0.15, 0.2) is 0 Å². The van der Waals surface area contributed by atoms with Gasteiger partial charge in [0, 0.05) is 31.9 Å². The molecule has 9 heteroatoms. The van der Waals surface area contributed by atoms with Crippen LogP contribution in [0.15, 0.2) is 54.6 Å². The SMILES string of the molecule is CCCc1ccccc1NC(=O)C(CCc1ccccc1)NC(=O)C(N)CC(=O)N(CCN)CCN. The molecule has 0 spiro atoms. The molecule has 0 aliphatic heterocycles. The van der Waals surface area contributed by atoms with Crippen molar-refractivity contribution in [3.63, 3.8) is 0 Å². The van der Waals surface area contributed by atoms with E-state index in [0.717, 1.165) is 29.7 Å². The topological polar surface area (TPSA) is 157 Å². The van der Waals surface area contributed by atoms with Gasteiger partial charge in [0.25, 0.3) is 0 Å².